The molecule has 0 aromatic heterocycles. The summed E-state index contributed by atoms with van der Waals surface area (Å²) in [4.78, 5) is 55.2. The highest BCUT2D eigenvalue weighted by Crippen LogP contribution is 2.61. The molecule has 204 valence electrons. The zero-order chi connectivity index (χ0) is 28.0. The molecule has 1 heterocycles. The lowest BCUT2D eigenvalue weighted by Gasteiger charge is -2.45. The number of anilines is 1. The van der Waals surface area contributed by atoms with Crippen LogP contribution >= 0.6 is 11.6 Å². The number of likely N-dealkylation sites (tertiary alicyclic amines) is 1. The maximum absolute atomic E-state index is 14.1. The van der Waals surface area contributed by atoms with Gasteiger partial charge >= 0.3 is 5.97 Å². The summed E-state index contributed by atoms with van der Waals surface area (Å²) in [5.74, 6) is -3.60. The quantitative estimate of drug-likeness (QED) is 0.301. The summed E-state index contributed by atoms with van der Waals surface area (Å²) in [6, 6.07) is 21.5. The van der Waals surface area contributed by atoms with Gasteiger partial charge in [0.25, 0.3) is 5.91 Å². The van der Waals surface area contributed by atoms with Crippen LogP contribution in [0.25, 0.3) is 0 Å². The first-order valence-corrected chi connectivity index (χ1v) is 14.0. The lowest BCUT2D eigenvalue weighted by Crippen LogP contribution is -2.47. The summed E-state index contributed by atoms with van der Waals surface area (Å²) in [5.41, 5.74) is 4.80. The van der Waals surface area contributed by atoms with E-state index in [0.29, 0.717) is 17.1 Å². The Kier molecular flexibility index (Phi) is 6.92. The predicted octanol–water partition coefficient (Wildman–Crippen LogP) is 5.27. The van der Waals surface area contributed by atoms with Crippen molar-refractivity contribution in [2.75, 3.05) is 11.9 Å². The normalized spacial score (nSPS) is 22.8. The first-order valence-electron chi connectivity index (χ1n) is 13.7. The van der Waals surface area contributed by atoms with Gasteiger partial charge in [0.05, 0.1) is 11.8 Å². The van der Waals surface area contributed by atoms with E-state index in [0.717, 1.165) is 33.6 Å². The lowest BCUT2D eigenvalue weighted by molar-refractivity contribution is -0.160. The third-order valence-corrected chi connectivity index (χ3v) is 8.62. The van der Waals surface area contributed by atoms with Crippen LogP contribution in [0.2, 0.25) is 5.02 Å². The third kappa shape index (κ3) is 4.29. The molecule has 4 aliphatic rings. The highest BCUT2D eigenvalue weighted by molar-refractivity contribution is 6.30. The van der Waals surface area contributed by atoms with Gasteiger partial charge in [-0.25, -0.2) is 4.79 Å². The van der Waals surface area contributed by atoms with E-state index >= 15 is 0 Å². The van der Waals surface area contributed by atoms with E-state index in [1.54, 1.807) is 24.3 Å². The van der Waals surface area contributed by atoms with Gasteiger partial charge in [-0.1, -0.05) is 79.9 Å². The van der Waals surface area contributed by atoms with Gasteiger partial charge in [-0.2, -0.15) is 0 Å². The Balaban J connectivity index is 1.26. The number of ether oxygens (including phenoxy) is 1. The van der Waals surface area contributed by atoms with E-state index in [1.807, 2.05) is 55.5 Å². The van der Waals surface area contributed by atoms with Crippen LogP contribution in [0.5, 0.6) is 0 Å². The summed E-state index contributed by atoms with van der Waals surface area (Å²) in [6.07, 6.45) is 1.67. The molecule has 0 saturated carbocycles. The molecule has 1 N–H and O–H groups in total. The van der Waals surface area contributed by atoms with Gasteiger partial charge < -0.3 is 10.1 Å². The second-order valence-electron chi connectivity index (χ2n) is 10.6. The average Bonchev–Trinajstić information content (AvgIpc) is 3.23. The van der Waals surface area contributed by atoms with Crippen LogP contribution in [0, 0.1) is 11.8 Å². The molecule has 40 heavy (non-hydrogen) atoms. The molecule has 3 aromatic carbocycles. The number of esters is 1. The molecule has 0 radical (unpaired) electrons. The van der Waals surface area contributed by atoms with Crippen molar-refractivity contribution in [1.82, 2.24) is 4.90 Å². The number of carbonyl (C=O) groups is 4. The maximum atomic E-state index is 14.1. The van der Waals surface area contributed by atoms with Gasteiger partial charge in [0.15, 0.2) is 6.61 Å². The van der Waals surface area contributed by atoms with E-state index in [1.165, 1.54) is 0 Å². The molecule has 8 heteroatoms. The number of halogens is 1. The molecule has 0 spiro atoms. The molecule has 3 aromatic rings. The number of hydrogen-bond acceptors (Lipinski definition) is 5. The average molecular weight is 557 g/mol. The zero-order valence-corrected chi connectivity index (χ0v) is 22.8. The fourth-order valence-electron chi connectivity index (χ4n) is 6.72. The first kappa shape index (κ1) is 26.3. The lowest BCUT2D eigenvalue weighted by atomic mass is 9.55. The minimum Gasteiger partial charge on any atom is -0.454 e. The molecule has 7 rings (SSSR count). The van der Waals surface area contributed by atoms with Gasteiger partial charge in [-0.05, 0) is 52.9 Å². The number of benzene rings is 3. The third-order valence-electron chi connectivity index (χ3n) is 8.37. The Hall–Kier alpha value is -3.97. The number of hydrogen-bond donors (Lipinski definition) is 1. The molecule has 1 aliphatic heterocycles. The van der Waals surface area contributed by atoms with Crippen LogP contribution < -0.4 is 5.32 Å². The number of nitrogens with zero attached hydrogens (tertiary/aromatic N) is 1. The van der Waals surface area contributed by atoms with Gasteiger partial charge in [-0.15, -0.1) is 0 Å². The van der Waals surface area contributed by atoms with E-state index in [4.69, 9.17) is 16.3 Å². The summed E-state index contributed by atoms with van der Waals surface area (Å²) in [6.45, 7) is 1.44. The van der Waals surface area contributed by atoms with Crippen LogP contribution in [0.4, 0.5) is 5.69 Å². The van der Waals surface area contributed by atoms with E-state index in [9.17, 15) is 19.2 Å². The smallest absolute Gasteiger partial charge is 0.329 e. The summed E-state index contributed by atoms with van der Waals surface area (Å²) >= 11 is 5.89. The fraction of sp³-hybridized carbons (Fsp3) is 0.312. The van der Waals surface area contributed by atoms with Crippen molar-refractivity contribution in [3.8, 4) is 0 Å². The van der Waals surface area contributed by atoms with Crippen molar-refractivity contribution in [1.29, 1.82) is 0 Å². The van der Waals surface area contributed by atoms with Crippen molar-refractivity contribution in [3.63, 3.8) is 0 Å². The molecule has 7 nitrogen and oxygen atoms in total. The van der Waals surface area contributed by atoms with Gasteiger partial charge in [0, 0.05) is 22.5 Å². The van der Waals surface area contributed by atoms with E-state index in [2.05, 4.69) is 5.32 Å². The molecule has 2 bridgehead atoms. The molecule has 1 saturated heterocycles. The zero-order valence-electron chi connectivity index (χ0n) is 22.0. The highest BCUT2D eigenvalue weighted by Gasteiger charge is 2.63. The van der Waals surface area contributed by atoms with Gasteiger partial charge in [0.1, 0.15) is 6.04 Å². The Morgan fingerprint density at radius 1 is 0.850 bits per heavy atom. The summed E-state index contributed by atoms with van der Waals surface area (Å²) < 4.78 is 5.39. The summed E-state index contributed by atoms with van der Waals surface area (Å²) in [5, 5.41) is 3.18. The Morgan fingerprint density at radius 3 is 1.82 bits per heavy atom. The molecular weight excluding hydrogens is 528 g/mol. The molecule has 3 aliphatic carbocycles. The molecular formula is C32H29ClN2O5. The number of nitrogens with one attached hydrogen (secondary N) is 1. The molecule has 3 atom stereocenters. The Bertz CT molecular complexity index is 1390. The standard InChI is InChI=1S/C32H29ClN2O5/c1-2-3-12-24(32(39)40-17-25(36)34-19-15-13-18(33)14-16-19)35-30(37)28-26-20-8-4-5-9-21(20)27(29(28)31(35)38)23-11-7-6-10-22(23)26/h4-11,13-16,24,26-29H,2-3,12,17H2,1H3,(H,34,36)/t24-,26?,27?,28-,29+/m1/s1. The second kappa shape index (κ2) is 10.5. The predicted molar refractivity (Wildman–Crippen MR) is 150 cm³/mol. The second-order valence-corrected chi connectivity index (χ2v) is 11.1. The van der Waals surface area contributed by atoms with Crippen LogP contribution in [0.3, 0.4) is 0 Å². The Morgan fingerprint density at radius 2 is 1.35 bits per heavy atom. The fourth-order valence-corrected chi connectivity index (χ4v) is 6.85. The van der Waals surface area contributed by atoms with Crippen LogP contribution in [0.15, 0.2) is 72.8 Å². The SMILES string of the molecule is CCCC[C@H](C(=O)OCC(=O)Nc1ccc(Cl)cc1)N1C(=O)[C@@H]2C3c4ccccc4C(c4ccccc43)[C@@H]2C1=O. The van der Waals surface area contributed by atoms with Crippen molar-refractivity contribution in [2.45, 2.75) is 44.1 Å². The van der Waals surface area contributed by atoms with Crippen molar-refractivity contribution < 1.29 is 23.9 Å². The number of amides is 3. The largest absolute Gasteiger partial charge is 0.454 e. The van der Waals surface area contributed by atoms with E-state index < -0.39 is 36.4 Å². The van der Waals surface area contributed by atoms with Crippen LogP contribution in [-0.2, 0) is 23.9 Å². The first-order chi connectivity index (χ1) is 19.4. The van der Waals surface area contributed by atoms with Gasteiger partial charge in [-0.3, -0.25) is 19.3 Å². The molecule has 1 fully saturated rings. The molecule has 3 amide bonds. The van der Waals surface area contributed by atoms with Crippen molar-refractivity contribution >= 4 is 41.0 Å². The number of imide groups is 1. The summed E-state index contributed by atoms with van der Waals surface area (Å²) in [7, 11) is 0. The van der Waals surface area contributed by atoms with Crippen molar-refractivity contribution in [2.24, 2.45) is 11.8 Å². The molecule has 0 unspecified atom stereocenters. The van der Waals surface area contributed by atoms with Crippen molar-refractivity contribution in [3.05, 3.63) is 100 Å². The number of carbonyl (C=O) groups excluding carboxylic acids is 4. The number of unbranched alkanes of at least 4 members (excludes halogenated alkanes) is 1. The Labute approximate surface area is 237 Å². The maximum Gasteiger partial charge on any atom is 0.329 e. The minimum absolute atomic E-state index is 0.253. The number of rotatable bonds is 8. The van der Waals surface area contributed by atoms with Crippen LogP contribution in [0.1, 0.15) is 60.3 Å². The monoisotopic (exact) mass is 556 g/mol. The van der Waals surface area contributed by atoms with Crippen LogP contribution in [-0.4, -0.2) is 41.2 Å². The van der Waals surface area contributed by atoms with Gasteiger partial charge in [0.2, 0.25) is 11.8 Å². The highest BCUT2D eigenvalue weighted by atomic mass is 35.5. The topological polar surface area (TPSA) is 92.8 Å². The minimum atomic E-state index is -1.08. The van der Waals surface area contributed by atoms with E-state index in [-0.39, 0.29) is 30.1 Å².